The second-order valence-corrected chi connectivity index (χ2v) is 11.2. The van der Waals surface area contributed by atoms with E-state index < -0.39 is 17.7 Å². The first-order chi connectivity index (χ1) is 18.7. The van der Waals surface area contributed by atoms with Gasteiger partial charge in [0, 0.05) is 21.5 Å². The van der Waals surface area contributed by atoms with Crippen LogP contribution in [0.15, 0.2) is 60.7 Å². The van der Waals surface area contributed by atoms with Crippen molar-refractivity contribution in [2.24, 2.45) is 0 Å². The van der Waals surface area contributed by atoms with Crippen LogP contribution >= 0.6 is 11.6 Å². The highest BCUT2D eigenvalue weighted by Gasteiger charge is 2.33. The summed E-state index contributed by atoms with van der Waals surface area (Å²) in [6, 6.07) is 19.1. The van der Waals surface area contributed by atoms with Gasteiger partial charge in [0.1, 0.15) is 11.4 Å². The molecule has 3 heterocycles. The maximum absolute atomic E-state index is 12.7. The highest BCUT2D eigenvalue weighted by molar-refractivity contribution is 6.31. The number of hydrogen-bond acceptors (Lipinski definition) is 5. The van der Waals surface area contributed by atoms with Gasteiger partial charge in [-0.05, 0) is 81.0 Å². The van der Waals surface area contributed by atoms with E-state index in [4.69, 9.17) is 31.0 Å². The molecule has 0 aliphatic carbocycles. The number of carboxylic acid groups (broad SMARTS) is 1. The zero-order valence-electron chi connectivity index (χ0n) is 21.9. The highest BCUT2D eigenvalue weighted by atomic mass is 35.5. The largest absolute Gasteiger partial charge is 0.493 e. The van der Waals surface area contributed by atoms with Crippen molar-refractivity contribution in [1.82, 2.24) is 15.0 Å². The van der Waals surface area contributed by atoms with Gasteiger partial charge in [-0.2, -0.15) is 0 Å². The second-order valence-electron chi connectivity index (χ2n) is 10.7. The van der Waals surface area contributed by atoms with Crippen LogP contribution in [0.25, 0.3) is 44.6 Å². The van der Waals surface area contributed by atoms with Crippen molar-refractivity contribution in [1.29, 1.82) is 0 Å². The number of H-pyrrole nitrogens is 1. The standard InChI is InChI=1S/C31H28ClN3O4/c1-31(2,3)39-28(30(36)37)25-20-8-4-5-9-21(20)27(29-33-22-12-11-19(32)16-23(22)34-29)35-26(25)18-10-13-24-17(15-18)7-6-14-38-24/h4-5,8-13,15-16,28H,6-7,14H2,1-3H3,(H,33,34)(H,36,37). The van der Waals surface area contributed by atoms with Crippen LogP contribution in [0.5, 0.6) is 5.75 Å². The van der Waals surface area contributed by atoms with Gasteiger partial charge in [-0.1, -0.05) is 35.9 Å². The first kappa shape index (κ1) is 25.3. The van der Waals surface area contributed by atoms with Crippen LogP contribution in [-0.2, 0) is 16.0 Å². The number of halogens is 1. The highest BCUT2D eigenvalue weighted by Crippen LogP contribution is 2.41. The van der Waals surface area contributed by atoms with E-state index >= 15 is 0 Å². The number of ether oxygens (including phenoxy) is 2. The lowest BCUT2D eigenvalue weighted by Gasteiger charge is -2.28. The molecule has 6 rings (SSSR count). The smallest absolute Gasteiger partial charge is 0.337 e. The molecule has 3 aromatic carbocycles. The summed E-state index contributed by atoms with van der Waals surface area (Å²) < 4.78 is 12.0. The summed E-state index contributed by atoms with van der Waals surface area (Å²) in [5.74, 6) is 0.342. The number of nitrogens with one attached hydrogen (secondary N) is 1. The van der Waals surface area contributed by atoms with E-state index in [1.54, 1.807) is 6.07 Å². The number of aliphatic carboxylic acids is 1. The van der Waals surface area contributed by atoms with Crippen LogP contribution in [-0.4, -0.2) is 38.2 Å². The number of imidazole rings is 1. The predicted molar refractivity (Wildman–Crippen MR) is 152 cm³/mol. The Kier molecular flexibility index (Phi) is 6.28. The summed E-state index contributed by atoms with van der Waals surface area (Å²) in [5.41, 5.74) is 4.37. The molecule has 0 radical (unpaired) electrons. The van der Waals surface area contributed by atoms with Crippen LogP contribution in [0.3, 0.4) is 0 Å². The molecule has 1 aliphatic rings. The third-order valence-electron chi connectivity index (χ3n) is 6.76. The summed E-state index contributed by atoms with van der Waals surface area (Å²) in [7, 11) is 0. The molecule has 8 heteroatoms. The molecule has 0 saturated carbocycles. The average Bonchev–Trinajstić information content (AvgIpc) is 3.33. The molecule has 1 aliphatic heterocycles. The van der Waals surface area contributed by atoms with Crippen molar-refractivity contribution in [3.05, 3.63) is 76.8 Å². The molecule has 0 spiro atoms. The number of carboxylic acids is 1. The first-order valence-corrected chi connectivity index (χ1v) is 13.3. The molecule has 1 atom stereocenters. The van der Waals surface area contributed by atoms with Crippen LogP contribution in [0, 0.1) is 0 Å². The van der Waals surface area contributed by atoms with Crippen molar-refractivity contribution >= 4 is 39.4 Å². The zero-order valence-corrected chi connectivity index (χ0v) is 22.7. The van der Waals surface area contributed by atoms with E-state index in [-0.39, 0.29) is 0 Å². The summed E-state index contributed by atoms with van der Waals surface area (Å²) >= 11 is 6.23. The Bertz CT molecular complexity index is 1740. The average molecular weight is 542 g/mol. The van der Waals surface area contributed by atoms with Crippen LogP contribution < -0.4 is 4.74 Å². The molecule has 0 saturated heterocycles. The molecular weight excluding hydrogens is 514 g/mol. The number of carbonyl (C=O) groups is 1. The quantitative estimate of drug-likeness (QED) is 0.241. The Morgan fingerprint density at radius 1 is 1.05 bits per heavy atom. The minimum Gasteiger partial charge on any atom is -0.493 e. The molecule has 7 nitrogen and oxygen atoms in total. The molecule has 0 fully saturated rings. The Morgan fingerprint density at radius 3 is 2.62 bits per heavy atom. The third-order valence-corrected chi connectivity index (χ3v) is 6.99. The fourth-order valence-corrected chi connectivity index (χ4v) is 5.31. The van der Waals surface area contributed by atoms with E-state index in [1.165, 1.54) is 0 Å². The number of pyridine rings is 1. The minimum atomic E-state index is -1.24. The molecule has 0 amide bonds. The fraction of sp³-hybridized carbons (Fsp3) is 0.258. The minimum absolute atomic E-state index is 0.507. The van der Waals surface area contributed by atoms with E-state index in [0.29, 0.717) is 34.4 Å². The summed E-state index contributed by atoms with van der Waals surface area (Å²) in [4.78, 5) is 26.0. The Labute approximate surface area is 230 Å². The van der Waals surface area contributed by atoms with E-state index in [2.05, 4.69) is 4.98 Å². The van der Waals surface area contributed by atoms with Crippen molar-refractivity contribution in [2.45, 2.75) is 45.3 Å². The molecular formula is C31H28ClN3O4. The van der Waals surface area contributed by atoms with Gasteiger partial charge >= 0.3 is 5.97 Å². The molecule has 2 aromatic heterocycles. The Balaban J connectivity index is 1.67. The molecule has 2 N–H and O–H groups in total. The van der Waals surface area contributed by atoms with Gasteiger partial charge in [0.15, 0.2) is 11.9 Å². The van der Waals surface area contributed by atoms with Crippen molar-refractivity contribution in [3.8, 4) is 28.5 Å². The number of aryl methyl sites for hydroxylation is 1. The molecule has 0 bridgehead atoms. The van der Waals surface area contributed by atoms with Crippen molar-refractivity contribution < 1.29 is 19.4 Å². The van der Waals surface area contributed by atoms with E-state index in [9.17, 15) is 9.90 Å². The maximum Gasteiger partial charge on any atom is 0.337 e. The number of benzene rings is 3. The monoisotopic (exact) mass is 541 g/mol. The zero-order chi connectivity index (χ0) is 27.3. The third kappa shape index (κ3) is 4.84. The summed E-state index contributed by atoms with van der Waals surface area (Å²) in [6.07, 6.45) is 0.559. The number of rotatable bonds is 5. The second kappa shape index (κ2) is 9.67. The van der Waals surface area contributed by atoms with Crippen LogP contribution in [0.2, 0.25) is 5.02 Å². The van der Waals surface area contributed by atoms with Gasteiger partial charge in [0.2, 0.25) is 0 Å². The number of aromatic amines is 1. The van der Waals surface area contributed by atoms with Crippen LogP contribution in [0.1, 0.15) is 44.4 Å². The lowest BCUT2D eigenvalue weighted by atomic mass is 9.92. The number of nitrogens with zero attached hydrogens (tertiary/aromatic N) is 2. The van der Waals surface area contributed by atoms with Crippen molar-refractivity contribution in [2.75, 3.05) is 6.61 Å². The normalized spacial score (nSPS) is 14.3. The molecule has 5 aromatic rings. The molecule has 39 heavy (non-hydrogen) atoms. The Hall–Kier alpha value is -3.94. The molecule has 198 valence electrons. The lowest BCUT2D eigenvalue weighted by molar-refractivity contribution is -0.160. The fourth-order valence-electron chi connectivity index (χ4n) is 5.14. The summed E-state index contributed by atoms with van der Waals surface area (Å²) in [6.45, 7) is 6.24. The topological polar surface area (TPSA) is 97.3 Å². The first-order valence-electron chi connectivity index (χ1n) is 12.9. The Morgan fingerprint density at radius 2 is 1.85 bits per heavy atom. The lowest BCUT2D eigenvalue weighted by Crippen LogP contribution is -2.28. The number of fused-ring (bicyclic) bond motifs is 3. The summed E-state index contributed by atoms with van der Waals surface area (Å²) in [5, 5.41) is 12.5. The van der Waals surface area contributed by atoms with E-state index in [1.807, 2.05) is 75.4 Å². The van der Waals surface area contributed by atoms with Gasteiger partial charge in [-0.25, -0.2) is 14.8 Å². The van der Waals surface area contributed by atoms with Gasteiger partial charge in [0.05, 0.1) is 28.9 Å². The van der Waals surface area contributed by atoms with Gasteiger partial charge in [-0.3, -0.25) is 0 Å². The predicted octanol–water partition coefficient (Wildman–Crippen LogP) is 7.36. The van der Waals surface area contributed by atoms with Gasteiger partial charge < -0.3 is 19.6 Å². The van der Waals surface area contributed by atoms with E-state index in [0.717, 1.165) is 51.5 Å². The van der Waals surface area contributed by atoms with Crippen LogP contribution in [0.4, 0.5) is 0 Å². The SMILES string of the molecule is CC(C)(C)OC(C(=O)O)c1c(-c2ccc3c(c2)CCCO3)nc(-c2nc3ccc(Cl)cc3[nH]2)c2ccccc12. The maximum atomic E-state index is 12.7. The van der Waals surface area contributed by atoms with Gasteiger partial charge in [-0.15, -0.1) is 0 Å². The number of hydrogen-bond donors (Lipinski definition) is 2. The molecule has 1 unspecified atom stereocenters. The van der Waals surface area contributed by atoms with Crippen molar-refractivity contribution in [3.63, 3.8) is 0 Å². The van der Waals surface area contributed by atoms with Gasteiger partial charge in [0.25, 0.3) is 0 Å². The number of aromatic nitrogens is 3.